The molecule has 0 fully saturated rings. The van der Waals surface area contributed by atoms with E-state index in [2.05, 4.69) is 4.98 Å². The van der Waals surface area contributed by atoms with E-state index in [4.69, 9.17) is 9.47 Å². The van der Waals surface area contributed by atoms with Gasteiger partial charge in [-0.25, -0.2) is 4.79 Å². The Morgan fingerprint density at radius 3 is 2.38 bits per heavy atom. The van der Waals surface area contributed by atoms with Crippen molar-refractivity contribution in [2.75, 3.05) is 13.1 Å². The molecular weight excluding hydrogens is 481 g/mol. The van der Waals surface area contributed by atoms with Crippen molar-refractivity contribution in [3.63, 3.8) is 0 Å². The number of aromatic nitrogens is 1. The summed E-state index contributed by atoms with van der Waals surface area (Å²) in [4.78, 5) is 18.5. The van der Waals surface area contributed by atoms with Crippen molar-refractivity contribution in [3.8, 4) is 16.9 Å². The maximum absolute atomic E-state index is 13.6. The quantitative estimate of drug-likeness (QED) is 0.378. The maximum atomic E-state index is 13.6. The Hall–Kier alpha value is -3.55. The molecular formula is C29H31F3N2O3. The first-order valence-electron chi connectivity index (χ1n) is 12.2. The molecule has 0 N–H and O–H groups in total. The van der Waals surface area contributed by atoms with Gasteiger partial charge in [0.05, 0.1) is 11.3 Å². The van der Waals surface area contributed by atoms with Crippen LogP contribution < -0.4 is 4.74 Å². The number of halogens is 3. The maximum Gasteiger partial charge on any atom is 0.416 e. The van der Waals surface area contributed by atoms with Gasteiger partial charge in [0.2, 0.25) is 0 Å². The van der Waals surface area contributed by atoms with Crippen molar-refractivity contribution in [1.29, 1.82) is 0 Å². The second-order valence-corrected chi connectivity index (χ2v) is 10.3. The van der Waals surface area contributed by atoms with Gasteiger partial charge >= 0.3 is 12.3 Å². The Labute approximate surface area is 215 Å². The fraction of sp³-hybridized carbons (Fsp3) is 0.379. The lowest BCUT2D eigenvalue weighted by Gasteiger charge is -2.26. The van der Waals surface area contributed by atoms with Crippen LogP contribution in [-0.4, -0.2) is 34.7 Å². The van der Waals surface area contributed by atoms with Gasteiger partial charge in [0.15, 0.2) is 0 Å². The largest absolute Gasteiger partial charge is 0.487 e. The predicted molar refractivity (Wildman–Crippen MR) is 135 cm³/mol. The summed E-state index contributed by atoms with van der Waals surface area (Å²) in [5.74, 6) is 0.347. The van der Waals surface area contributed by atoms with E-state index in [0.29, 0.717) is 48.5 Å². The molecule has 0 radical (unpaired) electrons. The minimum Gasteiger partial charge on any atom is -0.487 e. The molecule has 1 aliphatic heterocycles. The number of nitrogens with zero attached hydrogens (tertiary/aromatic N) is 2. The molecule has 4 rings (SSSR count). The second kappa shape index (κ2) is 10.4. The third-order valence-corrected chi connectivity index (χ3v) is 6.13. The standard InChI is InChI=1S/C29H31F3N2O3/c1-19-9-12-33-24(15-19)18-36-26-8-7-23(29(30,31)32)17-25(26)22-6-5-20-10-13-34(14-11-21(20)16-22)27(35)37-28(2,3)4/h5-9,12,15-17H,10-11,13-14,18H2,1-4H3. The number of carbonyl (C=O) groups is 1. The van der Waals surface area contributed by atoms with E-state index in [1.54, 1.807) is 11.1 Å². The van der Waals surface area contributed by atoms with Crippen LogP contribution in [0.15, 0.2) is 54.7 Å². The summed E-state index contributed by atoms with van der Waals surface area (Å²) in [6.07, 6.45) is -1.96. The number of alkyl halides is 3. The molecule has 0 unspecified atom stereocenters. The molecule has 3 aromatic rings. The number of hydrogen-bond donors (Lipinski definition) is 0. The van der Waals surface area contributed by atoms with E-state index >= 15 is 0 Å². The Morgan fingerprint density at radius 2 is 1.70 bits per heavy atom. The average molecular weight is 513 g/mol. The molecule has 0 spiro atoms. The van der Waals surface area contributed by atoms with Crippen LogP contribution in [0, 0.1) is 6.92 Å². The van der Waals surface area contributed by atoms with Crippen LogP contribution in [0.4, 0.5) is 18.0 Å². The Morgan fingerprint density at radius 1 is 0.973 bits per heavy atom. The fourth-order valence-electron chi connectivity index (χ4n) is 4.29. The van der Waals surface area contributed by atoms with Crippen molar-refractivity contribution < 1.29 is 27.4 Å². The lowest BCUT2D eigenvalue weighted by molar-refractivity contribution is -0.137. The van der Waals surface area contributed by atoms with Crippen molar-refractivity contribution in [3.05, 3.63) is 82.7 Å². The summed E-state index contributed by atoms with van der Waals surface area (Å²) in [6.45, 7) is 8.54. The van der Waals surface area contributed by atoms with E-state index < -0.39 is 17.3 Å². The van der Waals surface area contributed by atoms with Crippen LogP contribution in [0.1, 0.15) is 48.7 Å². The number of carbonyl (C=O) groups excluding carboxylic acids is 1. The van der Waals surface area contributed by atoms with E-state index in [1.165, 1.54) is 6.07 Å². The average Bonchev–Trinajstić information content (AvgIpc) is 3.03. The smallest absolute Gasteiger partial charge is 0.416 e. The molecule has 0 atom stereocenters. The highest BCUT2D eigenvalue weighted by Gasteiger charge is 2.31. The highest BCUT2D eigenvalue weighted by molar-refractivity contribution is 5.73. The summed E-state index contributed by atoms with van der Waals surface area (Å²) in [5, 5.41) is 0. The number of ether oxygens (including phenoxy) is 2. The van der Waals surface area contributed by atoms with E-state index in [0.717, 1.165) is 28.8 Å². The van der Waals surface area contributed by atoms with Crippen LogP contribution in [0.3, 0.4) is 0 Å². The van der Waals surface area contributed by atoms with E-state index in [1.807, 2.05) is 58.0 Å². The van der Waals surface area contributed by atoms with Crippen LogP contribution in [0.5, 0.6) is 5.75 Å². The molecule has 5 nitrogen and oxygen atoms in total. The topological polar surface area (TPSA) is 51.7 Å². The summed E-state index contributed by atoms with van der Waals surface area (Å²) in [7, 11) is 0. The van der Waals surface area contributed by atoms with Gasteiger partial charge in [0.1, 0.15) is 18.0 Å². The highest BCUT2D eigenvalue weighted by Crippen LogP contribution is 2.38. The zero-order valence-corrected chi connectivity index (χ0v) is 21.5. The van der Waals surface area contributed by atoms with Crippen LogP contribution >= 0.6 is 0 Å². The van der Waals surface area contributed by atoms with Gasteiger partial charge in [0, 0.05) is 24.8 Å². The fourth-order valence-corrected chi connectivity index (χ4v) is 4.29. The number of rotatable bonds is 4. The summed E-state index contributed by atoms with van der Waals surface area (Å²) < 4.78 is 52.2. The number of amides is 1. The van der Waals surface area contributed by atoms with Crippen molar-refractivity contribution in [2.45, 2.75) is 58.9 Å². The number of benzene rings is 2. The molecule has 0 saturated heterocycles. The number of hydrogen-bond acceptors (Lipinski definition) is 4. The lowest BCUT2D eigenvalue weighted by Crippen LogP contribution is -2.38. The third kappa shape index (κ3) is 6.81. The summed E-state index contributed by atoms with van der Waals surface area (Å²) in [5.41, 5.74) is 3.43. The normalized spacial score (nSPS) is 14.1. The van der Waals surface area contributed by atoms with Gasteiger partial charge < -0.3 is 14.4 Å². The van der Waals surface area contributed by atoms with Gasteiger partial charge in [-0.3, -0.25) is 4.98 Å². The Bertz CT molecular complexity index is 1280. The molecule has 37 heavy (non-hydrogen) atoms. The minimum atomic E-state index is -4.48. The molecule has 2 heterocycles. The van der Waals surface area contributed by atoms with E-state index in [-0.39, 0.29) is 12.7 Å². The Kier molecular flexibility index (Phi) is 7.48. The lowest BCUT2D eigenvalue weighted by atomic mass is 9.95. The van der Waals surface area contributed by atoms with E-state index in [9.17, 15) is 18.0 Å². The minimum absolute atomic E-state index is 0.135. The zero-order chi connectivity index (χ0) is 26.8. The SMILES string of the molecule is Cc1ccnc(COc2ccc(C(F)(F)F)cc2-c2ccc3c(c2)CCN(C(=O)OC(C)(C)C)CC3)c1. The number of fused-ring (bicyclic) bond motifs is 1. The van der Waals surface area contributed by atoms with Crippen molar-refractivity contribution in [2.24, 2.45) is 0 Å². The monoisotopic (exact) mass is 512 g/mol. The second-order valence-electron chi connectivity index (χ2n) is 10.3. The summed E-state index contributed by atoms with van der Waals surface area (Å²) >= 11 is 0. The van der Waals surface area contributed by atoms with Crippen LogP contribution in [0.2, 0.25) is 0 Å². The van der Waals surface area contributed by atoms with Crippen LogP contribution in [-0.2, 0) is 30.4 Å². The third-order valence-electron chi connectivity index (χ3n) is 6.13. The summed E-state index contributed by atoms with van der Waals surface area (Å²) in [6, 6.07) is 12.9. The molecule has 0 saturated carbocycles. The first kappa shape index (κ1) is 26.5. The zero-order valence-electron chi connectivity index (χ0n) is 21.5. The van der Waals surface area contributed by atoms with Crippen LogP contribution in [0.25, 0.3) is 11.1 Å². The first-order valence-corrected chi connectivity index (χ1v) is 12.2. The van der Waals surface area contributed by atoms with Crippen molar-refractivity contribution >= 4 is 6.09 Å². The predicted octanol–water partition coefficient (Wildman–Crippen LogP) is 6.99. The van der Waals surface area contributed by atoms with Gasteiger partial charge in [-0.1, -0.05) is 18.2 Å². The Balaban J connectivity index is 1.62. The molecule has 196 valence electrons. The molecule has 1 aromatic heterocycles. The van der Waals surface area contributed by atoms with Gasteiger partial charge in [-0.2, -0.15) is 13.2 Å². The molecule has 0 aliphatic carbocycles. The number of aryl methyl sites for hydroxylation is 1. The molecule has 2 aromatic carbocycles. The van der Waals surface area contributed by atoms with Gasteiger partial charge in [0.25, 0.3) is 0 Å². The first-order chi connectivity index (χ1) is 17.4. The van der Waals surface area contributed by atoms with Gasteiger partial charge in [-0.05, 0) is 93.1 Å². The number of pyridine rings is 1. The molecule has 1 amide bonds. The van der Waals surface area contributed by atoms with Crippen molar-refractivity contribution in [1.82, 2.24) is 9.88 Å². The van der Waals surface area contributed by atoms with Gasteiger partial charge in [-0.15, -0.1) is 0 Å². The highest BCUT2D eigenvalue weighted by atomic mass is 19.4. The molecule has 8 heteroatoms. The molecule has 0 bridgehead atoms. The molecule has 1 aliphatic rings.